The summed E-state index contributed by atoms with van der Waals surface area (Å²) in [4.78, 5) is 15.1. The van der Waals surface area contributed by atoms with Gasteiger partial charge in [0.25, 0.3) is 0 Å². The summed E-state index contributed by atoms with van der Waals surface area (Å²) in [6.07, 6.45) is 0. The molecule has 0 bridgehead atoms. The Bertz CT molecular complexity index is 1110. The van der Waals surface area contributed by atoms with E-state index in [-0.39, 0.29) is 5.28 Å². The molecule has 1 aliphatic rings. The van der Waals surface area contributed by atoms with E-state index in [9.17, 15) is 8.42 Å². The van der Waals surface area contributed by atoms with E-state index in [0.717, 1.165) is 29.0 Å². The molecule has 2 aromatic heterocycles. The first-order chi connectivity index (χ1) is 13.3. The molecule has 0 unspecified atom stereocenters. The zero-order chi connectivity index (χ0) is 19.9. The molecule has 1 N–H and O–H groups in total. The molecule has 0 aliphatic carbocycles. The van der Waals surface area contributed by atoms with E-state index >= 15 is 0 Å². The maximum atomic E-state index is 13.0. The minimum Gasteiger partial charge on any atom is -0.316 e. The fourth-order valence-electron chi connectivity index (χ4n) is 3.00. The zero-order valence-corrected chi connectivity index (χ0v) is 17.8. The standard InChI is InChI=1S/C17H19ClN6O2S2/c1-11-9-15(21-16(18)19-11)22-17-20-13-4-3-12(10-14(13)27-17)28(25,26)24-7-5-23(2)6-8-24/h3-4,9-10H,5-8H2,1-2H3,(H,19,20,21,22). The molecule has 3 aromatic rings. The summed E-state index contributed by atoms with van der Waals surface area (Å²) in [6.45, 7) is 4.29. The second-order valence-electron chi connectivity index (χ2n) is 6.64. The summed E-state index contributed by atoms with van der Waals surface area (Å²) in [5.74, 6) is 0.543. The minimum atomic E-state index is -3.51. The highest BCUT2D eigenvalue weighted by molar-refractivity contribution is 7.89. The smallest absolute Gasteiger partial charge is 0.243 e. The number of benzene rings is 1. The fraction of sp³-hybridized carbons (Fsp3) is 0.353. The Hall–Kier alpha value is -1.85. The number of hydrogen-bond donors (Lipinski definition) is 1. The number of anilines is 2. The number of fused-ring (bicyclic) bond motifs is 1. The van der Waals surface area contributed by atoms with E-state index in [1.807, 2.05) is 14.0 Å². The molecule has 1 aliphatic heterocycles. The third-order valence-electron chi connectivity index (χ3n) is 4.52. The number of sulfonamides is 1. The number of thiazole rings is 1. The number of hydrogen-bond acceptors (Lipinski definition) is 8. The highest BCUT2D eigenvalue weighted by Gasteiger charge is 2.27. The lowest BCUT2D eigenvalue weighted by atomic mass is 10.3. The molecule has 0 saturated carbocycles. The first-order valence-corrected chi connectivity index (χ1v) is 11.3. The third kappa shape index (κ3) is 3.96. The van der Waals surface area contributed by atoms with Crippen molar-refractivity contribution < 1.29 is 8.42 Å². The molecule has 1 fully saturated rings. The second-order valence-corrected chi connectivity index (χ2v) is 9.95. The largest absolute Gasteiger partial charge is 0.316 e. The van der Waals surface area contributed by atoms with Crippen molar-refractivity contribution in [3.63, 3.8) is 0 Å². The fourth-order valence-corrected chi connectivity index (χ4v) is 5.66. The summed E-state index contributed by atoms with van der Waals surface area (Å²) >= 11 is 7.26. The molecule has 0 spiro atoms. The van der Waals surface area contributed by atoms with Gasteiger partial charge in [-0.1, -0.05) is 11.3 Å². The molecule has 11 heteroatoms. The predicted molar refractivity (Wildman–Crippen MR) is 111 cm³/mol. The average molecular weight is 439 g/mol. The number of halogens is 1. The van der Waals surface area contributed by atoms with Crippen LogP contribution in [0.4, 0.5) is 10.9 Å². The Balaban J connectivity index is 1.61. The van der Waals surface area contributed by atoms with Gasteiger partial charge in [-0.15, -0.1) is 0 Å². The van der Waals surface area contributed by atoms with Gasteiger partial charge in [-0.05, 0) is 43.8 Å². The first-order valence-electron chi connectivity index (χ1n) is 8.69. The SMILES string of the molecule is Cc1cc(Nc2nc3ccc(S(=O)(=O)N4CCN(C)CC4)cc3s2)nc(Cl)n1. The van der Waals surface area contributed by atoms with E-state index in [4.69, 9.17) is 11.6 Å². The van der Waals surface area contributed by atoms with E-state index in [1.165, 1.54) is 11.3 Å². The molecule has 3 heterocycles. The van der Waals surface area contributed by atoms with Gasteiger partial charge in [-0.3, -0.25) is 0 Å². The van der Waals surface area contributed by atoms with Crippen LogP contribution in [-0.4, -0.2) is 65.8 Å². The summed E-state index contributed by atoms with van der Waals surface area (Å²) in [5, 5.41) is 3.87. The van der Waals surface area contributed by atoms with Gasteiger partial charge >= 0.3 is 0 Å². The molecule has 0 radical (unpaired) electrons. The number of nitrogens with zero attached hydrogens (tertiary/aromatic N) is 5. The van der Waals surface area contributed by atoms with Gasteiger partial charge in [0.15, 0.2) is 5.13 Å². The van der Waals surface area contributed by atoms with Crippen LogP contribution in [0.2, 0.25) is 5.28 Å². The van der Waals surface area contributed by atoms with Crippen LogP contribution in [0.1, 0.15) is 5.69 Å². The molecular formula is C17H19ClN6O2S2. The topological polar surface area (TPSA) is 91.3 Å². The Morgan fingerprint density at radius 2 is 1.86 bits per heavy atom. The number of nitrogens with one attached hydrogen (secondary N) is 1. The lowest BCUT2D eigenvalue weighted by Gasteiger charge is -2.31. The van der Waals surface area contributed by atoms with Crippen LogP contribution in [0, 0.1) is 6.92 Å². The van der Waals surface area contributed by atoms with Crippen LogP contribution >= 0.6 is 22.9 Å². The highest BCUT2D eigenvalue weighted by atomic mass is 35.5. The van der Waals surface area contributed by atoms with E-state index in [1.54, 1.807) is 28.6 Å². The van der Waals surface area contributed by atoms with Crippen LogP contribution in [0.25, 0.3) is 10.2 Å². The predicted octanol–water partition coefficient (Wildman–Crippen LogP) is 2.73. The van der Waals surface area contributed by atoms with Crippen molar-refractivity contribution in [2.75, 3.05) is 38.5 Å². The van der Waals surface area contributed by atoms with E-state index < -0.39 is 10.0 Å². The van der Waals surface area contributed by atoms with Gasteiger partial charge in [0, 0.05) is 37.9 Å². The third-order valence-corrected chi connectivity index (χ3v) is 7.52. The number of aromatic nitrogens is 3. The maximum Gasteiger partial charge on any atom is 0.243 e. The van der Waals surface area contributed by atoms with Crippen molar-refractivity contribution in [3.8, 4) is 0 Å². The van der Waals surface area contributed by atoms with Crippen LogP contribution < -0.4 is 5.32 Å². The van der Waals surface area contributed by atoms with Gasteiger partial charge < -0.3 is 10.2 Å². The lowest BCUT2D eigenvalue weighted by Crippen LogP contribution is -2.46. The van der Waals surface area contributed by atoms with Crippen LogP contribution in [0.3, 0.4) is 0 Å². The Morgan fingerprint density at radius 3 is 2.57 bits per heavy atom. The Kier molecular flexibility index (Phi) is 5.23. The van der Waals surface area contributed by atoms with Gasteiger partial charge in [0.05, 0.1) is 15.1 Å². The number of likely N-dealkylation sites (N-methyl/N-ethyl adjacent to an activating group) is 1. The van der Waals surface area contributed by atoms with Crippen molar-refractivity contribution >= 4 is 54.1 Å². The number of aryl methyl sites for hydroxylation is 1. The molecule has 8 nitrogen and oxygen atoms in total. The van der Waals surface area contributed by atoms with Crippen molar-refractivity contribution in [1.82, 2.24) is 24.2 Å². The van der Waals surface area contributed by atoms with Gasteiger partial charge in [0.2, 0.25) is 15.3 Å². The number of rotatable bonds is 4. The minimum absolute atomic E-state index is 0.157. The molecular weight excluding hydrogens is 420 g/mol. The first kappa shape index (κ1) is 19.5. The van der Waals surface area contributed by atoms with Crippen molar-refractivity contribution in [2.45, 2.75) is 11.8 Å². The van der Waals surface area contributed by atoms with Crippen LogP contribution in [0.15, 0.2) is 29.2 Å². The van der Waals surface area contributed by atoms with Crippen LogP contribution in [-0.2, 0) is 10.0 Å². The monoisotopic (exact) mass is 438 g/mol. The summed E-state index contributed by atoms with van der Waals surface area (Å²) in [6, 6.07) is 6.80. The molecule has 1 saturated heterocycles. The molecule has 4 rings (SSSR count). The van der Waals surface area contributed by atoms with Gasteiger partial charge in [-0.25, -0.2) is 23.4 Å². The lowest BCUT2D eigenvalue weighted by molar-refractivity contribution is 0.222. The second kappa shape index (κ2) is 7.53. The highest BCUT2D eigenvalue weighted by Crippen LogP contribution is 2.31. The quantitative estimate of drug-likeness (QED) is 0.626. The summed E-state index contributed by atoms with van der Waals surface area (Å²) in [5.41, 5.74) is 1.46. The summed E-state index contributed by atoms with van der Waals surface area (Å²) < 4.78 is 28.2. The van der Waals surface area contributed by atoms with Crippen molar-refractivity contribution in [3.05, 3.63) is 35.2 Å². The Labute approximate surface area is 172 Å². The molecule has 148 valence electrons. The van der Waals surface area contributed by atoms with E-state index in [2.05, 4.69) is 25.2 Å². The molecule has 0 amide bonds. The van der Waals surface area contributed by atoms with Crippen molar-refractivity contribution in [2.24, 2.45) is 0 Å². The maximum absolute atomic E-state index is 13.0. The van der Waals surface area contributed by atoms with Crippen LogP contribution in [0.5, 0.6) is 0 Å². The van der Waals surface area contributed by atoms with E-state index in [0.29, 0.717) is 28.9 Å². The molecule has 28 heavy (non-hydrogen) atoms. The zero-order valence-electron chi connectivity index (χ0n) is 15.4. The summed E-state index contributed by atoms with van der Waals surface area (Å²) in [7, 11) is -1.52. The van der Waals surface area contributed by atoms with Crippen molar-refractivity contribution in [1.29, 1.82) is 0 Å². The average Bonchev–Trinajstić information content (AvgIpc) is 3.02. The normalized spacial score (nSPS) is 16.5. The van der Waals surface area contributed by atoms with Gasteiger partial charge in [0.1, 0.15) is 5.82 Å². The Morgan fingerprint density at radius 1 is 1.11 bits per heavy atom. The molecule has 0 atom stereocenters. The number of piperazine rings is 1. The van der Waals surface area contributed by atoms with Gasteiger partial charge in [-0.2, -0.15) is 4.31 Å². The molecule has 1 aromatic carbocycles.